The lowest BCUT2D eigenvalue weighted by atomic mass is 9.93. The van der Waals surface area contributed by atoms with Crippen LogP contribution >= 0.6 is 9.24 Å². The van der Waals surface area contributed by atoms with Gasteiger partial charge in [-0.1, -0.05) is 26.7 Å². The van der Waals surface area contributed by atoms with E-state index in [1.54, 1.807) is 0 Å². The van der Waals surface area contributed by atoms with Crippen molar-refractivity contribution in [2.75, 3.05) is 0 Å². The molecule has 0 aromatic carbocycles. The molecule has 0 radical (unpaired) electrons. The molecule has 0 aliphatic heterocycles. The van der Waals surface area contributed by atoms with Crippen LogP contribution in [0.1, 0.15) is 39.5 Å². The van der Waals surface area contributed by atoms with Crippen molar-refractivity contribution in [1.29, 1.82) is 0 Å². The fourth-order valence-electron chi connectivity index (χ4n) is 2.11. The summed E-state index contributed by atoms with van der Waals surface area (Å²) in [4.78, 5) is 0. The molecule has 10 heavy (non-hydrogen) atoms. The first-order chi connectivity index (χ1) is 4.75. The minimum atomic E-state index is 0.887. The highest BCUT2D eigenvalue weighted by Crippen LogP contribution is 2.37. The van der Waals surface area contributed by atoms with Crippen LogP contribution in [0, 0.1) is 11.8 Å². The van der Waals surface area contributed by atoms with E-state index in [2.05, 4.69) is 23.1 Å². The van der Waals surface area contributed by atoms with E-state index in [0.717, 1.165) is 17.5 Å². The Labute approximate surface area is 67.0 Å². The second-order valence-corrected chi connectivity index (χ2v) is 4.50. The molecule has 1 aliphatic rings. The summed E-state index contributed by atoms with van der Waals surface area (Å²) >= 11 is 0. The molecule has 1 rings (SSSR count). The first-order valence-corrected chi connectivity index (χ1v) is 5.18. The molecule has 1 fully saturated rings. The van der Waals surface area contributed by atoms with Gasteiger partial charge in [0.05, 0.1) is 0 Å². The third-order valence-corrected chi connectivity index (χ3v) is 3.91. The molecule has 1 aliphatic carbocycles. The van der Waals surface area contributed by atoms with Crippen LogP contribution < -0.4 is 0 Å². The van der Waals surface area contributed by atoms with Gasteiger partial charge in [0.1, 0.15) is 0 Å². The molecule has 0 nitrogen and oxygen atoms in total. The Hall–Kier alpha value is 0.430. The summed E-state index contributed by atoms with van der Waals surface area (Å²) in [5, 5.41) is 0. The average Bonchev–Trinajstić information content (AvgIpc) is 2.34. The molecule has 0 aromatic rings. The van der Waals surface area contributed by atoms with Crippen molar-refractivity contribution in [3.05, 3.63) is 0 Å². The lowest BCUT2D eigenvalue weighted by Crippen LogP contribution is -2.15. The van der Waals surface area contributed by atoms with Gasteiger partial charge in [-0.15, -0.1) is 9.24 Å². The number of hydrogen-bond acceptors (Lipinski definition) is 0. The maximum atomic E-state index is 3.00. The zero-order valence-corrected chi connectivity index (χ0v) is 8.29. The van der Waals surface area contributed by atoms with Crippen molar-refractivity contribution in [3.63, 3.8) is 0 Å². The highest BCUT2D eigenvalue weighted by atomic mass is 31.0. The third kappa shape index (κ3) is 1.72. The van der Waals surface area contributed by atoms with E-state index in [9.17, 15) is 0 Å². The second kappa shape index (κ2) is 3.72. The molecule has 4 unspecified atom stereocenters. The maximum absolute atomic E-state index is 3.00. The summed E-state index contributed by atoms with van der Waals surface area (Å²) in [6.07, 6.45) is 5.75. The molecule has 1 saturated carbocycles. The van der Waals surface area contributed by atoms with Gasteiger partial charge < -0.3 is 0 Å². The van der Waals surface area contributed by atoms with Crippen LogP contribution in [0.15, 0.2) is 0 Å². The van der Waals surface area contributed by atoms with Gasteiger partial charge in [-0.3, -0.25) is 0 Å². The van der Waals surface area contributed by atoms with Gasteiger partial charge in [-0.05, 0) is 30.3 Å². The van der Waals surface area contributed by atoms with E-state index in [1.807, 2.05) is 0 Å². The van der Waals surface area contributed by atoms with Crippen LogP contribution in [0.4, 0.5) is 0 Å². The molecule has 0 bridgehead atoms. The summed E-state index contributed by atoms with van der Waals surface area (Å²) in [6, 6.07) is 0. The molecule has 0 N–H and O–H groups in total. The molecule has 4 atom stereocenters. The Morgan fingerprint density at radius 2 is 2.20 bits per heavy atom. The van der Waals surface area contributed by atoms with Gasteiger partial charge in [0.2, 0.25) is 0 Å². The van der Waals surface area contributed by atoms with Gasteiger partial charge in [0.15, 0.2) is 0 Å². The Bertz CT molecular complexity index is 101. The average molecular weight is 158 g/mol. The van der Waals surface area contributed by atoms with Crippen molar-refractivity contribution in [2.45, 2.75) is 45.2 Å². The van der Waals surface area contributed by atoms with E-state index in [4.69, 9.17) is 0 Å². The largest absolute Gasteiger partial charge is 0.134 e. The van der Waals surface area contributed by atoms with E-state index in [1.165, 1.54) is 25.7 Å². The smallest absolute Gasteiger partial charge is 0.0236 e. The second-order valence-electron chi connectivity index (χ2n) is 3.64. The monoisotopic (exact) mass is 158 g/mol. The fourth-order valence-corrected chi connectivity index (χ4v) is 2.68. The molecule has 0 spiro atoms. The standard InChI is InChI=1S/C9H19P/c1-3-9(10)8-6-4-5-7(8)2/h7-9H,3-6,10H2,1-2H3. The van der Waals surface area contributed by atoms with Crippen LogP contribution in [0.5, 0.6) is 0 Å². The zero-order valence-electron chi connectivity index (χ0n) is 7.14. The predicted octanol–water partition coefficient (Wildman–Crippen LogP) is 3.08. The van der Waals surface area contributed by atoms with Crippen LogP contribution in [-0.2, 0) is 0 Å². The molecular weight excluding hydrogens is 139 g/mol. The van der Waals surface area contributed by atoms with Crippen molar-refractivity contribution < 1.29 is 0 Å². The SMILES string of the molecule is CCC(P)C1CCCC1C. The quantitative estimate of drug-likeness (QED) is 0.542. The molecule has 1 heteroatoms. The molecule has 0 saturated heterocycles. The topological polar surface area (TPSA) is 0 Å². The predicted molar refractivity (Wildman–Crippen MR) is 50.3 cm³/mol. The Morgan fingerprint density at radius 1 is 1.50 bits per heavy atom. The third-order valence-electron chi connectivity index (χ3n) is 2.95. The van der Waals surface area contributed by atoms with E-state index in [0.29, 0.717) is 0 Å². The summed E-state index contributed by atoms with van der Waals surface area (Å²) in [5.74, 6) is 2.00. The van der Waals surface area contributed by atoms with Gasteiger partial charge in [-0.25, -0.2) is 0 Å². The Morgan fingerprint density at radius 3 is 2.60 bits per heavy atom. The molecule has 0 amide bonds. The van der Waals surface area contributed by atoms with Crippen molar-refractivity contribution >= 4 is 9.24 Å². The normalized spacial score (nSPS) is 36.3. The highest BCUT2D eigenvalue weighted by Gasteiger charge is 2.26. The number of rotatable bonds is 2. The van der Waals surface area contributed by atoms with Crippen LogP contribution in [0.2, 0.25) is 0 Å². The van der Waals surface area contributed by atoms with Crippen molar-refractivity contribution in [2.24, 2.45) is 11.8 Å². The lowest BCUT2D eigenvalue weighted by molar-refractivity contribution is 0.399. The Balaban J connectivity index is 2.38. The van der Waals surface area contributed by atoms with Crippen LogP contribution in [0.25, 0.3) is 0 Å². The molecule has 60 valence electrons. The molecule has 0 heterocycles. The van der Waals surface area contributed by atoms with Crippen LogP contribution in [-0.4, -0.2) is 5.66 Å². The van der Waals surface area contributed by atoms with Gasteiger partial charge in [0.25, 0.3) is 0 Å². The summed E-state index contributed by atoms with van der Waals surface area (Å²) < 4.78 is 0. The molecule has 0 aromatic heterocycles. The van der Waals surface area contributed by atoms with E-state index < -0.39 is 0 Å². The summed E-state index contributed by atoms with van der Waals surface area (Å²) in [6.45, 7) is 4.70. The summed E-state index contributed by atoms with van der Waals surface area (Å²) in [5.41, 5.74) is 0.887. The van der Waals surface area contributed by atoms with Crippen molar-refractivity contribution in [1.82, 2.24) is 0 Å². The first kappa shape index (κ1) is 8.53. The van der Waals surface area contributed by atoms with Crippen LogP contribution in [0.3, 0.4) is 0 Å². The number of hydrogen-bond donors (Lipinski definition) is 0. The molecular formula is C9H19P. The minimum Gasteiger partial charge on any atom is -0.134 e. The maximum Gasteiger partial charge on any atom is -0.0236 e. The van der Waals surface area contributed by atoms with Gasteiger partial charge in [-0.2, -0.15) is 0 Å². The van der Waals surface area contributed by atoms with E-state index in [-0.39, 0.29) is 0 Å². The Kier molecular flexibility index (Phi) is 3.17. The minimum absolute atomic E-state index is 0.887. The summed E-state index contributed by atoms with van der Waals surface area (Å²) in [7, 11) is 3.00. The fraction of sp³-hybridized carbons (Fsp3) is 1.00. The van der Waals surface area contributed by atoms with E-state index >= 15 is 0 Å². The zero-order chi connectivity index (χ0) is 7.56. The highest BCUT2D eigenvalue weighted by molar-refractivity contribution is 7.17. The first-order valence-electron chi connectivity index (χ1n) is 4.51. The van der Waals surface area contributed by atoms with Crippen molar-refractivity contribution in [3.8, 4) is 0 Å². The lowest BCUT2D eigenvalue weighted by Gasteiger charge is -2.21. The van der Waals surface area contributed by atoms with Gasteiger partial charge >= 0.3 is 0 Å². The van der Waals surface area contributed by atoms with Gasteiger partial charge in [0, 0.05) is 0 Å².